The summed E-state index contributed by atoms with van der Waals surface area (Å²) >= 11 is 0. The van der Waals surface area contributed by atoms with Gasteiger partial charge in [0.05, 0.1) is 13.5 Å². The molecule has 0 heterocycles. The van der Waals surface area contributed by atoms with Crippen molar-refractivity contribution in [3.05, 3.63) is 23.8 Å². The summed E-state index contributed by atoms with van der Waals surface area (Å²) in [5.74, 6) is -1.34. The van der Waals surface area contributed by atoms with Crippen LogP contribution in [-0.2, 0) is 9.53 Å². The number of carbonyl (C=O) groups is 2. The second kappa shape index (κ2) is 6.63. The highest BCUT2D eigenvalue weighted by atomic mass is 16.5. The van der Waals surface area contributed by atoms with Crippen molar-refractivity contribution in [1.82, 2.24) is 4.90 Å². The van der Waals surface area contributed by atoms with Crippen LogP contribution in [0.25, 0.3) is 0 Å². The average Bonchev–Trinajstić information content (AvgIpc) is 2.41. The third kappa shape index (κ3) is 3.87. The van der Waals surface area contributed by atoms with Crippen molar-refractivity contribution in [3.63, 3.8) is 0 Å². The molecule has 104 valence electrons. The molecular weight excluding hydrogens is 250 g/mol. The summed E-state index contributed by atoms with van der Waals surface area (Å²) in [6, 6.07) is 3.85. The lowest BCUT2D eigenvalue weighted by Gasteiger charge is -2.20. The van der Waals surface area contributed by atoms with Gasteiger partial charge in [0, 0.05) is 18.7 Å². The number of carbonyl (C=O) groups excluding carboxylic acids is 2. The van der Waals surface area contributed by atoms with Crippen LogP contribution in [-0.4, -0.2) is 47.2 Å². The van der Waals surface area contributed by atoms with E-state index in [1.54, 1.807) is 6.92 Å². The van der Waals surface area contributed by atoms with Crippen molar-refractivity contribution >= 4 is 11.9 Å². The highest BCUT2D eigenvalue weighted by molar-refractivity contribution is 5.95. The Morgan fingerprint density at radius 1 is 1.26 bits per heavy atom. The summed E-state index contributed by atoms with van der Waals surface area (Å²) in [5, 5.41) is 18.6. The number of phenolic OH excluding ortho intramolecular Hbond substituents is 2. The van der Waals surface area contributed by atoms with Crippen LogP contribution in [0.4, 0.5) is 0 Å². The van der Waals surface area contributed by atoms with E-state index in [1.165, 1.54) is 30.2 Å². The van der Waals surface area contributed by atoms with E-state index < -0.39 is 0 Å². The molecule has 0 aromatic heterocycles. The molecule has 0 atom stereocenters. The minimum Gasteiger partial charge on any atom is -0.504 e. The summed E-state index contributed by atoms with van der Waals surface area (Å²) in [6.45, 7) is 2.45. The Morgan fingerprint density at radius 2 is 1.95 bits per heavy atom. The van der Waals surface area contributed by atoms with Crippen molar-refractivity contribution in [1.29, 1.82) is 0 Å². The molecule has 1 aromatic carbocycles. The van der Waals surface area contributed by atoms with E-state index >= 15 is 0 Å². The number of nitrogens with zero attached hydrogens (tertiary/aromatic N) is 1. The normalized spacial score (nSPS) is 10.0. The Bertz CT molecular complexity index is 472. The highest BCUT2D eigenvalue weighted by Gasteiger charge is 2.16. The molecule has 0 spiro atoms. The number of hydrogen-bond acceptors (Lipinski definition) is 5. The largest absolute Gasteiger partial charge is 0.504 e. The van der Waals surface area contributed by atoms with Crippen LogP contribution in [0.2, 0.25) is 0 Å². The van der Waals surface area contributed by atoms with Crippen molar-refractivity contribution in [3.8, 4) is 11.5 Å². The molecule has 1 aromatic rings. The van der Waals surface area contributed by atoms with Gasteiger partial charge < -0.3 is 19.8 Å². The van der Waals surface area contributed by atoms with Gasteiger partial charge in [0.25, 0.3) is 5.91 Å². The molecule has 1 rings (SSSR count). The van der Waals surface area contributed by atoms with Gasteiger partial charge >= 0.3 is 5.97 Å². The van der Waals surface area contributed by atoms with Crippen LogP contribution in [0.1, 0.15) is 23.7 Å². The number of methoxy groups -OCH3 is 1. The second-order valence-electron chi connectivity index (χ2n) is 3.91. The van der Waals surface area contributed by atoms with Gasteiger partial charge in [-0.2, -0.15) is 0 Å². The number of rotatable bonds is 5. The van der Waals surface area contributed by atoms with Gasteiger partial charge in [-0.05, 0) is 25.1 Å². The lowest BCUT2D eigenvalue weighted by atomic mass is 10.1. The molecule has 0 radical (unpaired) electrons. The van der Waals surface area contributed by atoms with Gasteiger partial charge in [-0.1, -0.05) is 0 Å². The number of benzene rings is 1. The van der Waals surface area contributed by atoms with Crippen molar-refractivity contribution in [2.45, 2.75) is 13.3 Å². The quantitative estimate of drug-likeness (QED) is 0.616. The predicted octanol–water partition coefficient (Wildman–Crippen LogP) is 1.12. The topological polar surface area (TPSA) is 87.1 Å². The molecule has 0 aliphatic heterocycles. The van der Waals surface area contributed by atoms with Gasteiger partial charge in [0.1, 0.15) is 0 Å². The average molecular weight is 267 g/mol. The lowest BCUT2D eigenvalue weighted by Crippen LogP contribution is -2.33. The van der Waals surface area contributed by atoms with Gasteiger partial charge in [-0.15, -0.1) is 0 Å². The van der Waals surface area contributed by atoms with Gasteiger partial charge in [-0.3, -0.25) is 9.59 Å². The van der Waals surface area contributed by atoms with Crippen LogP contribution < -0.4 is 0 Å². The van der Waals surface area contributed by atoms with Gasteiger partial charge in [0.15, 0.2) is 11.5 Å². The van der Waals surface area contributed by atoms with Gasteiger partial charge in [0.2, 0.25) is 0 Å². The number of hydrogen-bond donors (Lipinski definition) is 2. The van der Waals surface area contributed by atoms with E-state index in [4.69, 9.17) is 0 Å². The monoisotopic (exact) mass is 267 g/mol. The van der Waals surface area contributed by atoms with Crippen LogP contribution in [0.15, 0.2) is 18.2 Å². The number of esters is 1. The fourth-order valence-electron chi connectivity index (χ4n) is 1.57. The molecule has 0 bridgehead atoms. The summed E-state index contributed by atoms with van der Waals surface area (Å²) in [6.07, 6.45) is 0.111. The molecule has 0 saturated heterocycles. The Morgan fingerprint density at radius 3 is 2.47 bits per heavy atom. The minimum atomic E-state index is -0.389. The molecule has 2 N–H and O–H groups in total. The molecule has 6 nitrogen and oxygen atoms in total. The number of aromatic hydroxyl groups is 2. The fourth-order valence-corrected chi connectivity index (χ4v) is 1.57. The Balaban J connectivity index is 2.77. The second-order valence-corrected chi connectivity index (χ2v) is 3.91. The molecule has 1 amide bonds. The number of phenols is 2. The predicted molar refractivity (Wildman–Crippen MR) is 68.0 cm³/mol. The maximum atomic E-state index is 12.1. The third-order valence-corrected chi connectivity index (χ3v) is 2.70. The van der Waals surface area contributed by atoms with Crippen LogP contribution in [0.5, 0.6) is 11.5 Å². The smallest absolute Gasteiger partial charge is 0.307 e. The van der Waals surface area contributed by atoms with E-state index in [2.05, 4.69) is 4.74 Å². The first-order valence-corrected chi connectivity index (χ1v) is 5.87. The number of ether oxygens (including phenoxy) is 1. The minimum absolute atomic E-state index is 0.111. The van der Waals surface area contributed by atoms with Crippen molar-refractivity contribution in [2.75, 3.05) is 20.2 Å². The molecular formula is C13H17NO5. The van der Waals surface area contributed by atoms with E-state index in [9.17, 15) is 19.8 Å². The Labute approximate surface area is 111 Å². The van der Waals surface area contributed by atoms with Crippen LogP contribution >= 0.6 is 0 Å². The first-order valence-electron chi connectivity index (χ1n) is 5.87. The lowest BCUT2D eigenvalue weighted by molar-refractivity contribution is -0.140. The maximum absolute atomic E-state index is 12.1. The zero-order valence-corrected chi connectivity index (χ0v) is 10.9. The maximum Gasteiger partial charge on any atom is 0.307 e. The standard InChI is InChI=1S/C13H17NO5/c1-3-14(7-6-12(17)19-2)13(18)9-4-5-10(15)11(16)8-9/h4-5,8,15-16H,3,6-7H2,1-2H3. The molecule has 19 heavy (non-hydrogen) atoms. The van der Waals surface area contributed by atoms with E-state index in [0.29, 0.717) is 6.54 Å². The summed E-state index contributed by atoms with van der Waals surface area (Å²) in [4.78, 5) is 24.6. The van der Waals surface area contributed by atoms with Crippen LogP contribution in [0, 0.1) is 0 Å². The molecule has 0 aliphatic carbocycles. The van der Waals surface area contributed by atoms with Crippen molar-refractivity contribution < 1.29 is 24.5 Å². The van der Waals surface area contributed by atoms with E-state index in [-0.39, 0.29) is 41.9 Å². The molecule has 0 aliphatic rings. The molecule has 6 heteroatoms. The zero-order valence-electron chi connectivity index (χ0n) is 10.9. The molecule has 0 fully saturated rings. The zero-order chi connectivity index (χ0) is 14.4. The van der Waals surface area contributed by atoms with Gasteiger partial charge in [-0.25, -0.2) is 0 Å². The summed E-state index contributed by atoms with van der Waals surface area (Å²) in [7, 11) is 1.29. The van der Waals surface area contributed by atoms with Crippen molar-refractivity contribution in [2.24, 2.45) is 0 Å². The summed E-state index contributed by atoms with van der Waals surface area (Å²) in [5.41, 5.74) is 0.252. The Hall–Kier alpha value is -2.24. The van der Waals surface area contributed by atoms with Crippen LogP contribution in [0.3, 0.4) is 0 Å². The SMILES string of the molecule is CCN(CCC(=O)OC)C(=O)c1ccc(O)c(O)c1. The molecule has 0 saturated carbocycles. The molecule has 0 unspecified atom stereocenters. The fraction of sp³-hybridized carbons (Fsp3) is 0.385. The number of amides is 1. The van der Waals surface area contributed by atoms with E-state index in [1.807, 2.05) is 0 Å². The van der Waals surface area contributed by atoms with E-state index in [0.717, 1.165) is 0 Å². The highest BCUT2D eigenvalue weighted by Crippen LogP contribution is 2.25. The summed E-state index contributed by atoms with van der Waals surface area (Å²) < 4.78 is 4.52. The first-order chi connectivity index (χ1) is 8.99. The first kappa shape index (κ1) is 14.8. The Kier molecular flexibility index (Phi) is 5.17. The third-order valence-electron chi connectivity index (χ3n) is 2.70.